The van der Waals surface area contributed by atoms with E-state index in [1.54, 1.807) is 0 Å². The summed E-state index contributed by atoms with van der Waals surface area (Å²) < 4.78 is 5.46. The normalized spacial score (nSPS) is 24.5. The summed E-state index contributed by atoms with van der Waals surface area (Å²) in [5.41, 5.74) is 0. The third kappa shape index (κ3) is 4.79. The molecule has 4 atom stereocenters. The van der Waals surface area contributed by atoms with E-state index in [-0.39, 0.29) is 12.7 Å². The summed E-state index contributed by atoms with van der Waals surface area (Å²) in [4.78, 5) is 0. The van der Waals surface area contributed by atoms with E-state index in [9.17, 15) is 15.3 Å². The summed E-state index contributed by atoms with van der Waals surface area (Å²) in [6.45, 7) is -0.754. The molecule has 6 nitrogen and oxygen atoms in total. The molecule has 1 fully saturated rings. The predicted octanol–water partition coefficient (Wildman–Crippen LogP) is -1.23. The van der Waals surface area contributed by atoms with E-state index in [0.29, 0.717) is 0 Å². The smallest absolute Gasteiger partial charge is 0.111 e. The van der Waals surface area contributed by atoms with Crippen molar-refractivity contribution in [2.75, 3.05) is 13.2 Å². The summed E-state index contributed by atoms with van der Waals surface area (Å²) in [5, 5.41) is 46.4. The van der Waals surface area contributed by atoms with Crippen LogP contribution < -0.4 is 0 Å². The van der Waals surface area contributed by atoms with E-state index in [4.69, 9.17) is 14.9 Å². The Hall–Kier alpha value is -0.240. The van der Waals surface area contributed by atoms with Crippen molar-refractivity contribution < 1.29 is 30.3 Å². The van der Waals surface area contributed by atoms with Gasteiger partial charge in [0.2, 0.25) is 0 Å². The zero-order valence-corrected chi connectivity index (χ0v) is 10.5. The van der Waals surface area contributed by atoms with Crippen molar-refractivity contribution in [2.45, 2.75) is 62.6 Å². The number of aliphatic hydroxyl groups is 5. The van der Waals surface area contributed by atoms with Crippen LogP contribution in [0.25, 0.3) is 0 Å². The molecule has 0 radical (unpaired) electrons. The van der Waals surface area contributed by atoms with Crippen LogP contribution in [-0.4, -0.2) is 69.3 Å². The minimum absolute atomic E-state index is 0.0823. The standard InChI is InChI=1S/C12H24O6/c13-6-9(14)11(16)12(17)10(15)7-18-8-4-2-1-3-5-8/h8-17H,1-7H2/t9-,10-,11-,12-/m1/s1. The fourth-order valence-electron chi connectivity index (χ4n) is 2.13. The molecule has 0 unspecified atom stereocenters. The van der Waals surface area contributed by atoms with E-state index < -0.39 is 31.0 Å². The Morgan fingerprint density at radius 3 is 2.00 bits per heavy atom. The maximum Gasteiger partial charge on any atom is 0.111 e. The SMILES string of the molecule is OC[C@@H](O)[C@@H](O)[C@H](O)[C@H](O)COC1CCCCC1. The van der Waals surface area contributed by atoms with Crippen molar-refractivity contribution in [3.05, 3.63) is 0 Å². The molecule has 1 saturated carbocycles. The van der Waals surface area contributed by atoms with Crippen LogP contribution in [0, 0.1) is 0 Å². The maximum atomic E-state index is 9.64. The second-order valence-electron chi connectivity index (χ2n) is 4.89. The maximum absolute atomic E-state index is 9.64. The Morgan fingerprint density at radius 2 is 1.44 bits per heavy atom. The largest absolute Gasteiger partial charge is 0.394 e. The molecule has 1 aliphatic carbocycles. The first-order valence-electron chi connectivity index (χ1n) is 6.51. The van der Waals surface area contributed by atoms with Crippen LogP contribution in [0.3, 0.4) is 0 Å². The molecule has 0 heterocycles. The molecule has 0 aliphatic heterocycles. The molecule has 0 amide bonds. The van der Waals surface area contributed by atoms with Gasteiger partial charge in [0.05, 0.1) is 19.3 Å². The molecule has 18 heavy (non-hydrogen) atoms. The second kappa shape index (κ2) is 8.04. The third-order valence-corrected chi connectivity index (χ3v) is 3.38. The number of aliphatic hydroxyl groups excluding tert-OH is 5. The predicted molar refractivity (Wildman–Crippen MR) is 63.9 cm³/mol. The topological polar surface area (TPSA) is 110 Å². The number of ether oxygens (including phenoxy) is 1. The zero-order chi connectivity index (χ0) is 13.5. The fourth-order valence-corrected chi connectivity index (χ4v) is 2.13. The number of rotatable bonds is 7. The lowest BCUT2D eigenvalue weighted by atomic mass is 9.97. The van der Waals surface area contributed by atoms with Gasteiger partial charge in [0.25, 0.3) is 0 Å². The molecule has 0 saturated heterocycles. The Kier molecular flexibility index (Phi) is 7.06. The summed E-state index contributed by atoms with van der Waals surface area (Å²) in [6, 6.07) is 0. The monoisotopic (exact) mass is 264 g/mol. The van der Waals surface area contributed by atoms with Gasteiger partial charge >= 0.3 is 0 Å². The van der Waals surface area contributed by atoms with Gasteiger partial charge in [-0.3, -0.25) is 0 Å². The molecule has 1 rings (SSSR count). The minimum atomic E-state index is -1.58. The van der Waals surface area contributed by atoms with Crippen LogP contribution in [0.15, 0.2) is 0 Å². The van der Waals surface area contributed by atoms with Crippen molar-refractivity contribution in [1.82, 2.24) is 0 Å². The molecule has 0 aromatic heterocycles. The first-order chi connectivity index (χ1) is 8.56. The van der Waals surface area contributed by atoms with Crippen molar-refractivity contribution >= 4 is 0 Å². The van der Waals surface area contributed by atoms with E-state index in [1.807, 2.05) is 0 Å². The third-order valence-electron chi connectivity index (χ3n) is 3.38. The fraction of sp³-hybridized carbons (Fsp3) is 1.00. The molecule has 5 N–H and O–H groups in total. The zero-order valence-electron chi connectivity index (χ0n) is 10.5. The molecule has 6 heteroatoms. The van der Waals surface area contributed by atoms with Crippen molar-refractivity contribution in [3.63, 3.8) is 0 Å². The highest BCUT2D eigenvalue weighted by atomic mass is 16.5. The quantitative estimate of drug-likeness (QED) is 0.394. The first-order valence-corrected chi connectivity index (χ1v) is 6.51. The molecule has 0 aromatic rings. The Morgan fingerprint density at radius 1 is 0.889 bits per heavy atom. The molecule has 108 valence electrons. The van der Waals surface area contributed by atoms with Crippen LogP contribution >= 0.6 is 0 Å². The van der Waals surface area contributed by atoms with Gasteiger partial charge < -0.3 is 30.3 Å². The van der Waals surface area contributed by atoms with E-state index in [2.05, 4.69) is 0 Å². The van der Waals surface area contributed by atoms with Gasteiger partial charge in [0.1, 0.15) is 24.4 Å². The van der Waals surface area contributed by atoms with Gasteiger partial charge in [-0.25, -0.2) is 0 Å². The average molecular weight is 264 g/mol. The highest BCUT2D eigenvalue weighted by Crippen LogP contribution is 2.20. The Bertz CT molecular complexity index is 219. The number of hydrogen-bond acceptors (Lipinski definition) is 6. The van der Waals surface area contributed by atoms with Crippen LogP contribution in [0.4, 0.5) is 0 Å². The average Bonchev–Trinajstić information content (AvgIpc) is 2.43. The second-order valence-corrected chi connectivity index (χ2v) is 4.89. The summed E-state index contributed by atoms with van der Waals surface area (Å²) in [5.74, 6) is 0. The Labute approximate surface area is 107 Å². The molecule has 0 aromatic carbocycles. The molecular weight excluding hydrogens is 240 g/mol. The lowest BCUT2D eigenvalue weighted by Crippen LogP contribution is -2.47. The Balaban J connectivity index is 2.27. The highest BCUT2D eigenvalue weighted by molar-refractivity contribution is 4.80. The summed E-state index contributed by atoms with van der Waals surface area (Å²) >= 11 is 0. The van der Waals surface area contributed by atoms with Gasteiger partial charge in [0.15, 0.2) is 0 Å². The molecular formula is C12H24O6. The van der Waals surface area contributed by atoms with Crippen LogP contribution in [0.1, 0.15) is 32.1 Å². The minimum Gasteiger partial charge on any atom is -0.394 e. The van der Waals surface area contributed by atoms with Gasteiger partial charge in [-0.2, -0.15) is 0 Å². The summed E-state index contributed by atoms with van der Waals surface area (Å²) in [7, 11) is 0. The van der Waals surface area contributed by atoms with Gasteiger partial charge in [0, 0.05) is 0 Å². The number of hydrogen-bond donors (Lipinski definition) is 5. The lowest BCUT2D eigenvalue weighted by Gasteiger charge is -2.28. The van der Waals surface area contributed by atoms with Gasteiger partial charge in [-0.05, 0) is 12.8 Å². The van der Waals surface area contributed by atoms with Crippen molar-refractivity contribution in [3.8, 4) is 0 Å². The van der Waals surface area contributed by atoms with Crippen LogP contribution in [0.5, 0.6) is 0 Å². The molecule has 0 spiro atoms. The van der Waals surface area contributed by atoms with E-state index in [1.165, 1.54) is 6.42 Å². The van der Waals surface area contributed by atoms with Gasteiger partial charge in [-0.1, -0.05) is 19.3 Å². The van der Waals surface area contributed by atoms with Gasteiger partial charge in [-0.15, -0.1) is 0 Å². The van der Waals surface area contributed by atoms with Crippen molar-refractivity contribution in [1.29, 1.82) is 0 Å². The summed E-state index contributed by atoms with van der Waals surface area (Å²) in [6.07, 6.45) is -0.449. The molecule has 1 aliphatic rings. The van der Waals surface area contributed by atoms with Crippen molar-refractivity contribution in [2.24, 2.45) is 0 Å². The van der Waals surface area contributed by atoms with Crippen LogP contribution in [-0.2, 0) is 4.74 Å². The van der Waals surface area contributed by atoms with Crippen LogP contribution in [0.2, 0.25) is 0 Å². The van der Waals surface area contributed by atoms with E-state index >= 15 is 0 Å². The highest BCUT2D eigenvalue weighted by Gasteiger charge is 2.30. The van der Waals surface area contributed by atoms with E-state index in [0.717, 1.165) is 25.7 Å². The lowest BCUT2D eigenvalue weighted by molar-refractivity contribution is -0.136. The molecule has 0 bridgehead atoms. The first kappa shape index (κ1) is 15.8.